The molecular formula is C15H20N6O. The molecule has 116 valence electrons. The van der Waals surface area contributed by atoms with Gasteiger partial charge in [-0.25, -0.2) is 4.98 Å². The van der Waals surface area contributed by atoms with Crippen LogP contribution in [-0.2, 0) is 6.54 Å². The Balaban J connectivity index is 1.75. The van der Waals surface area contributed by atoms with E-state index in [0.717, 1.165) is 37.2 Å². The van der Waals surface area contributed by atoms with Gasteiger partial charge >= 0.3 is 0 Å². The van der Waals surface area contributed by atoms with E-state index >= 15 is 0 Å². The number of rotatable bonds is 4. The molecule has 1 aliphatic rings. The molecule has 1 N–H and O–H groups in total. The van der Waals surface area contributed by atoms with Crippen molar-refractivity contribution in [2.75, 3.05) is 25.0 Å². The zero-order chi connectivity index (χ0) is 15.5. The third-order valence-electron chi connectivity index (χ3n) is 3.97. The van der Waals surface area contributed by atoms with Gasteiger partial charge in [0.1, 0.15) is 11.5 Å². The Bertz CT molecular complexity index is 662. The lowest BCUT2D eigenvalue weighted by Gasteiger charge is -2.19. The van der Waals surface area contributed by atoms with Gasteiger partial charge in [0.2, 0.25) is 0 Å². The average Bonchev–Trinajstić information content (AvgIpc) is 3.19. The minimum Gasteiger partial charge on any atom is -0.354 e. The van der Waals surface area contributed by atoms with Gasteiger partial charge in [-0.05, 0) is 19.8 Å². The highest BCUT2D eigenvalue weighted by Crippen LogP contribution is 2.16. The normalized spacial score (nSPS) is 14.4. The van der Waals surface area contributed by atoms with Gasteiger partial charge in [0, 0.05) is 37.9 Å². The summed E-state index contributed by atoms with van der Waals surface area (Å²) < 4.78 is 0. The Kier molecular flexibility index (Phi) is 4.04. The first kappa shape index (κ1) is 14.5. The zero-order valence-corrected chi connectivity index (χ0v) is 12.9. The molecule has 2 aromatic heterocycles. The molecule has 7 nitrogen and oxygen atoms in total. The molecule has 0 spiro atoms. The molecule has 0 atom stereocenters. The van der Waals surface area contributed by atoms with Gasteiger partial charge in [-0.1, -0.05) is 0 Å². The maximum atomic E-state index is 12.4. The van der Waals surface area contributed by atoms with Gasteiger partial charge in [-0.15, -0.1) is 0 Å². The van der Waals surface area contributed by atoms with E-state index in [1.807, 2.05) is 23.8 Å². The van der Waals surface area contributed by atoms with Crippen molar-refractivity contribution in [3.63, 3.8) is 0 Å². The van der Waals surface area contributed by atoms with E-state index in [9.17, 15) is 4.79 Å². The number of amides is 1. The van der Waals surface area contributed by atoms with Gasteiger partial charge in [0.15, 0.2) is 0 Å². The summed E-state index contributed by atoms with van der Waals surface area (Å²) in [7, 11) is 1.93. The first-order valence-electron chi connectivity index (χ1n) is 7.46. The molecule has 0 aromatic carbocycles. The second-order valence-corrected chi connectivity index (χ2v) is 5.64. The molecule has 3 heterocycles. The van der Waals surface area contributed by atoms with Crippen molar-refractivity contribution < 1.29 is 4.79 Å². The molecule has 0 radical (unpaired) electrons. The van der Waals surface area contributed by atoms with Crippen molar-refractivity contribution in [3.05, 3.63) is 35.5 Å². The third kappa shape index (κ3) is 2.93. The van der Waals surface area contributed by atoms with Crippen LogP contribution in [0.1, 0.15) is 34.6 Å². The first-order valence-corrected chi connectivity index (χ1v) is 7.46. The summed E-state index contributed by atoms with van der Waals surface area (Å²) in [6.07, 6.45) is 7.16. The number of nitrogens with one attached hydrogen (secondary N) is 1. The molecule has 0 bridgehead atoms. The predicted octanol–water partition coefficient (Wildman–Crippen LogP) is 1.38. The number of aromatic amines is 1. The highest BCUT2D eigenvalue weighted by atomic mass is 16.2. The molecule has 2 aromatic rings. The van der Waals surface area contributed by atoms with Crippen molar-refractivity contribution >= 4 is 11.7 Å². The number of aromatic nitrogens is 4. The highest BCUT2D eigenvalue weighted by molar-refractivity contribution is 5.92. The second kappa shape index (κ2) is 6.13. The number of carbonyl (C=O) groups excluding carboxylic acids is 1. The van der Waals surface area contributed by atoms with Gasteiger partial charge in [-0.3, -0.25) is 14.9 Å². The summed E-state index contributed by atoms with van der Waals surface area (Å²) in [5.41, 5.74) is 2.54. The molecule has 1 fully saturated rings. The number of anilines is 1. The molecular weight excluding hydrogens is 280 g/mol. The van der Waals surface area contributed by atoms with Crippen LogP contribution in [0.2, 0.25) is 0 Å². The van der Waals surface area contributed by atoms with Crippen molar-refractivity contribution in [2.24, 2.45) is 0 Å². The van der Waals surface area contributed by atoms with Crippen LogP contribution in [0.15, 0.2) is 18.6 Å². The van der Waals surface area contributed by atoms with Crippen LogP contribution in [0.3, 0.4) is 0 Å². The fraction of sp³-hybridized carbons (Fsp3) is 0.467. The number of nitrogens with zero attached hydrogens (tertiary/aromatic N) is 5. The molecule has 22 heavy (non-hydrogen) atoms. The van der Waals surface area contributed by atoms with E-state index < -0.39 is 0 Å². The molecule has 1 saturated heterocycles. The van der Waals surface area contributed by atoms with Crippen molar-refractivity contribution in [2.45, 2.75) is 26.3 Å². The number of hydrogen-bond acceptors (Lipinski definition) is 5. The van der Waals surface area contributed by atoms with Crippen LogP contribution in [0.4, 0.5) is 5.82 Å². The van der Waals surface area contributed by atoms with Crippen molar-refractivity contribution in [3.8, 4) is 0 Å². The minimum atomic E-state index is -0.0280. The summed E-state index contributed by atoms with van der Waals surface area (Å²) in [4.78, 5) is 24.8. The molecule has 1 aliphatic heterocycles. The zero-order valence-electron chi connectivity index (χ0n) is 12.9. The Morgan fingerprint density at radius 2 is 2.09 bits per heavy atom. The predicted molar refractivity (Wildman–Crippen MR) is 82.6 cm³/mol. The average molecular weight is 300 g/mol. The van der Waals surface area contributed by atoms with Gasteiger partial charge < -0.3 is 9.80 Å². The van der Waals surface area contributed by atoms with E-state index in [-0.39, 0.29) is 5.91 Å². The summed E-state index contributed by atoms with van der Waals surface area (Å²) >= 11 is 0. The lowest BCUT2D eigenvalue weighted by Crippen LogP contribution is -2.29. The number of H-pyrrole nitrogens is 1. The molecule has 1 amide bonds. The number of hydrogen-bond donors (Lipinski definition) is 1. The molecule has 0 aliphatic carbocycles. The van der Waals surface area contributed by atoms with Crippen LogP contribution in [0, 0.1) is 6.92 Å². The second-order valence-electron chi connectivity index (χ2n) is 5.64. The Hall–Kier alpha value is -2.44. The van der Waals surface area contributed by atoms with Gasteiger partial charge in [-0.2, -0.15) is 5.10 Å². The fourth-order valence-corrected chi connectivity index (χ4v) is 2.60. The fourth-order valence-electron chi connectivity index (χ4n) is 2.60. The summed E-state index contributed by atoms with van der Waals surface area (Å²) in [6, 6.07) is 0. The highest BCUT2D eigenvalue weighted by Gasteiger charge is 2.21. The Morgan fingerprint density at radius 1 is 1.32 bits per heavy atom. The van der Waals surface area contributed by atoms with E-state index in [0.29, 0.717) is 18.1 Å². The number of carbonyl (C=O) groups is 1. The Morgan fingerprint density at radius 3 is 2.77 bits per heavy atom. The summed E-state index contributed by atoms with van der Waals surface area (Å²) in [6.45, 7) is 4.27. The van der Waals surface area contributed by atoms with E-state index in [4.69, 9.17) is 0 Å². The number of aryl methyl sites for hydroxylation is 1. The lowest BCUT2D eigenvalue weighted by molar-refractivity contribution is 0.0786. The topological polar surface area (TPSA) is 78.0 Å². The van der Waals surface area contributed by atoms with Crippen LogP contribution in [0.5, 0.6) is 0 Å². The lowest BCUT2D eigenvalue weighted by atomic mass is 10.2. The quantitative estimate of drug-likeness (QED) is 0.923. The van der Waals surface area contributed by atoms with Gasteiger partial charge in [0.25, 0.3) is 5.91 Å². The standard InChI is InChI=1S/C15H20N6O/c1-11-12(7-17-19-11)10-20(2)14-9-16-8-13(18-14)15(22)21-5-3-4-6-21/h7-9H,3-6,10H2,1-2H3,(H,17,19). The summed E-state index contributed by atoms with van der Waals surface area (Å²) in [5, 5.41) is 6.94. The largest absolute Gasteiger partial charge is 0.354 e. The SMILES string of the molecule is Cc1[nH]ncc1CN(C)c1cncc(C(=O)N2CCCC2)n1. The number of likely N-dealkylation sites (tertiary alicyclic amines) is 1. The van der Waals surface area contributed by atoms with Gasteiger partial charge in [0.05, 0.1) is 18.6 Å². The monoisotopic (exact) mass is 300 g/mol. The van der Waals surface area contributed by atoms with Crippen LogP contribution in [-0.4, -0.2) is 51.1 Å². The maximum absolute atomic E-state index is 12.4. The molecule has 0 unspecified atom stereocenters. The van der Waals surface area contributed by atoms with Crippen molar-refractivity contribution in [1.82, 2.24) is 25.1 Å². The van der Waals surface area contributed by atoms with Crippen LogP contribution >= 0.6 is 0 Å². The van der Waals surface area contributed by atoms with E-state index in [1.54, 1.807) is 18.6 Å². The smallest absolute Gasteiger partial charge is 0.274 e. The maximum Gasteiger partial charge on any atom is 0.274 e. The summed E-state index contributed by atoms with van der Waals surface area (Å²) in [5.74, 6) is 0.658. The van der Waals surface area contributed by atoms with E-state index in [2.05, 4.69) is 20.2 Å². The Labute approximate surface area is 129 Å². The third-order valence-corrected chi connectivity index (χ3v) is 3.97. The van der Waals surface area contributed by atoms with E-state index in [1.165, 1.54) is 0 Å². The molecule has 7 heteroatoms. The van der Waals surface area contributed by atoms with Crippen LogP contribution < -0.4 is 4.90 Å². The molecule has 3 rings (SSSR count). The van der Waals surface area contributed by atoms with Crippen molar-refractivity contribution in [1.29, 1.82) is 0 Å². The minimum absolute atomic E-state index is 0.0280. The van der Waals surface area contributed by atoms with Crippen LogP contribution in [0.25, 0.3) is 0 Å². The first-order chi connectivity index (χ1) is 10.6. The molecule has 0 saturated carbocycles.